The van der Waals surface area contributed by atoms with Gasteiger partial charge in [0.25, 0.3) is 0 Å². The summed E-state index contributed by atoms with van der Waals surface area (Å²) in [5.74, 6) is 2.27. The number of benzene rings is 2. The lowest BCUT2D eigenvalue weighted by molar-refractivity contribution is 0.0786. The van der Waals surface area contributed by atoms with Gasteiger partial charge in [0.05, 0.1) is 5.60 Å². The molecule has 3 heterocycles. The summed E-state index contributed by atoms with van der Waals surface area (Å²) in [6.45, 7) is 7.60. The summed E-state index contributed by atoms with van der Waals surface area (Å²) in [4.78, 5) is 15.6. The number of aliphatic hydroxyl groups is 1. The zero-order valence-electron chi connectivity index (χ0n) is 21.8. The number of ether oxygens (including phenoxy) is 1. The summed E-state index contributed by atoms with van der Waals surface area (Å²) in [6, 6.07) is 24.3. The first-order valence-corrected chi connectivity index (χ1v) is 14.1. The number of thioether (sulfide) groups is 1. The van der Waals surface area contributed by atoms with Gasteiger partial charge in [-0.3, -0.25) is 4.98 Å². The van der Waals surface area contributed by atoms with Gasteiger partial charge in [-0.2, -0.15) is 0 Å². The maximum absolute atomic E-state index is 10.4. The van der Waals surface area contributed by atoms with Crippen LogP contribution in [0.3, 0.4) is 0 Å². The lowest BCUT2D eigenvalue weighted by Gasteiger charge is -2.17. The van der Waals surface area contributed by atoms with Crippen LogP contribution in [-0.2, 0) is 11.4 Å². The largest absolute Gasteiger partial charge is 0.457 e. The normalized spacial score (nSPS) is 11.5. The van der Waals surface area contributed by atoms with Crippen LogP contribution < -0.4 is 4.74 Å². The second kappa shape index (κ2) is 11.1. The van der Waals surface area contributed by atoms with Crippen LogP contribution in [0.2, 0.25) is 0 Å². The van der Waals surface area contributed by atoms with E-state index in [4.69, 9.17) is 4.74 Å². The number of hydrogen-bond donors (Lipinski definition) is 1. The van der Waals surface area contributed by atoms with Crippen molar-refractivity contribution in [2.75, 3.05) is 0 Å². The van der Waals surface area contributed by atoms with Crippen LogP contribution in [0, 0.1) is 13.8 Å². The molecule has 7 heteroatoms. The average Bonchev–Trinajstić information content (AvgIpc) is 3.32. The first-order valence-electron chi connectivity index (χ1n) is 12.3. The monoisotopic (exact) mass is 539 g/mol. The highest BCUT2D eigenvalue weighted by Crippen LogP contribution is 2.42. The molecule has 5 rings (SSSR count). The molecule has 5 nitrogen and oxygen atoms in total. The lowest BCUT2D eigenvalue weighted by atomic mass is 9.97. The molecule has 0 aliphatic rings. The fourth-order valence-electron chi connectivity index (χ4n) is 4.11. The van der Waals surface area contributed by atoms with Crippen LogP contribution in [-0.4, -0.2) is 20.1 Å². The van der Waals surface area contributed by atoms with E-state index >= 15 is 0 Å². The Morgan fingerprint density at radius 3 is 2.24 bits per heavy atom. The van der Waals surface area contributed by atoms with Gasteiger partial charge in [0.2, 0.25) is 0 Å². The number of hydrogen-bond acceptors (Lipinski definition) is 7. The highest BCUT2D eigenvalue weighted by Gasteiger charge is 2.18. The van der Waals surface area contributed by atoms with E-state index in [0.29, 0.717) is 0 Å². The van der Waals surface area contributed by atoms with E-state index < -0.39 is 5.60 Å². The third-order valence-corrected chi connectivity index (χ3v) is 8.16. The molecule has 0 aliphatic carbocycles. The molecule has 1 N–H and O–H groups in total. The molecule has 5 aromatic rings. The fraction of sp³-hybridized carbons (Fsp3) is 0.194. The molecule has 0 radical (unpaired) electrons. The Kier molecular flexibility index (Phi) is 7.61. The molecule has 38 heavy (non-hydrogen) atoms. The van der Waals surface area contributed by atoms with E-state index in [-0.39, 0.29) is 0 Å². The molecule has 0 bridgehead atoms. The minimum atomic E-state index is -0.882. The van der Waals surface area contributed by atoms with Crippen molar-refractivity contribution in [1.29, 1.82) is 0 Å². The van der Waals surface area contributed by atoms with Crippen molar-refractivity contribution in [3.8, 4) is 32.4 Å². The van der Waals surface area contributed by atoms with E-state index in [1.807, 2.05) is 56.3 Å². The number of pyridine rings is 1. The van der Waals surface area contributed by atoms with Crippen LogP contribution in [0.25, 0.3) is 20.9 Å². The second-order valence-electron chi connectivity index (χ2n) is 9.64. The van der Waals surface area contributed by atoms with Gasteiger partial charge in [0.15, 0.2) is 5.16 Å². The highest BCUT2D eigenvalue weighted by molar-refractivity contribution is 7.98. The van der Waals surface area contributed by atoms with Gasteiger partial charge in [-0.15, -0.1) is 11.3 Å². The maximum Gasteiger partial charge on any atom is 0.188 e. The SMILES string of the molecule is Cc1cc(C)nc(SCc2cc(-c3cccc(Oc4ccncc4)c3)sc2-c2ccc(C(C)(C)O)cc2)n1. The second-order valence-corrected chi connectivity index (χ2v) is 11.6. The van der Waals surface area contributed by atoms with Crippen molar-refractivity contribution in [2.24, 2.45) is 0 Å². The van der Waals surface area contributed by atoms with Gasteiger partial charge >= 0.3 is 0 Å². The maximum atomic E-state index is 10.4. The third kappa shape index (κ3) is 6.30. The van der Waals surface area contributed by atoms with Crippen LogP contribution in [0.4, 0.5) is 0 Å². The molecular weight excluding hydrogens is 510 g/mol. The molecule has 192 valence electrons. The minimum absolute atomic E-state index is 0.745. The van der Waals surface area contributed by atoms with Crippen LogP contribution in [0.5, 0.6) is 11.5 Å². The van der Waals surface area contributed by atoms with Crippen LogP contribution in [0.15, 0.2) is 90.3 Å². The molecule has 2 aromatic carbocycles. The number of rotatable bonds is 8. The van der Waals surface area contributed by atoms with Crippen molar-refractivity contribution in [2.45, 2.75) is 44.2 Å². The topological polar surface area (TPSA) is 68.1 Å². The predicted octanol–water partition coefficient (Wildman–Crippen LogP) is 8.20. The lowest BCUT2D eigenvalue weighted by Crippen LogP contribution is -2.14. The highest BCUT2D eigenvalue weighted by atomic mass is 32.2. The molecule has 0 amide bonds. The van der Waals surface area contributed by atoms with Crippen LogP contribution in [0.1, 0.15) is 36.4 Å². The average molecular weight is 540 g/mol. The molecular formula is C31H29N3O2S2. The molecule has 0 saturated heterocycles. The van der Waals surface area contributed by atoms with Gasteiger partial charge < -0.3 is 9.84 Å². The zero-order chi connectivity index (χ0) is 26.7. The van der Waals surface area contributed by atoms with Crippen molar-refractivity contribution >= 4 is 23.1 Å². The van der Waals surface area contributed by atoms with E-state index in [0.717, 1.165) is 55.4 Å². The molecule has 0 fully saturated rings. The Bertz CT molecular complexity index is 1520. The predicted molar refractivity (Wildman–Crippen MR) is 156 cm³/mol. The van der Waals surface area contributed by atoms with E-state index in [1.54, 1.807) is 49.3 Å². The van der Waals surface area contributed by atoms with Crippen molar-refractivity contribution in [3.63, 3.8) is 0 Å². The summed E-state index contributed by atoms with van der Waals surface area (Å²) in [6.07, 6.45) is 3.44. The molecule has 0 aliphatic heterocycles. The minimum Gasteiger partial charge on any atom is -0.457 e. The third-order valence-electron chi connectivity index (χ3n) is 5.99. The fourth-order valence-corrected chi connectivity index (χ4v) is 6.31. The van der Waals surface area contributed by atoms with Crippen LogP contribution >= 0.6 is 23.1 Å². The molecule has 0 saturated carbocycles. The van der Waals surface area contributed by atoms with E-state index in [2.05, 4.69) is 45.3 Å². The van der Waals surface area contributed by atoms with Gasteiger partial charge in [-0.05, 0) is 86.3 Å². The number of nitrogens with zero attached hydrogens (tertiary/aromatic N) is 3. The summed E-state index contributed by atoms with van der Waals surface area (Å²) in [5, 5.41) is 11.2. The zero-order valence-corrected chi connectivity index (χ0v) is 23.4. The number of aromatic nitrogens is 3. The van der Waals surface area contributed by atoms with Crippen molar-refractivity contribution in [3.05, 3.63) is 108 Å². The van der Waals surface area contributed by atoms with Gasteiger partial charge in [0, 0.05) is 39.3 Å². The van der Waals surface area contributed by atoms with Gasteiger partial charge in [-0.25, -0.2) is 9.97 Å². The molecule has 0 spiro atoms. The smallest absolute Gasteiger partial charge is 0.188 e. The Morgan fingerprint density at radius 1 is 0.842 bits per heavy atom. The van der Waals surface area contributed by atoms with Gasteiger partial charge in [-0.1, -0.05) is 48.2 Å². The Labute approximate surface area is 231 Å². The van der Waals surface area contributed by atoms with E-state index in [9.17, 15) is 5.11 Å². The first kappa shape index (κ1) is 26.1. The van der Waals surface area contributed by atoms with Crippen molar-refractivity contribution in [1.82, 2.24) is 15.0 Å². The first-order chi connectivity index (χ1) is 18.2. The van der Waals surface area contributed by atoms with Crippen molar-refractivity contribution < 1.29 is 9.84 Å². The summed E-state index contributed by atoms with van der Waals surface area (Å²) >= 11 is 3.40. The Hall–Kier alpha value is -3.52. The Balaban J connectivity index is 1.49. The molecule has 0 unspecified atom stereocenters. The standard InChI is InChI=1S/C31H29N3O2S2/c1-20-16-21(2)34-30(33-20)37-19-24-18-28(38-29(24)22-8-10-25(11-9-22)31(3,4)35)23-6-5-7-27(17-23)36-26-12-14-32-15-13-26/h5-18,35H,19H2,1-4H3. The summed E-state index contributed by atoms with van der Waals surface area (Å²) in [7, 11) is 0. The molecule has 0 atom stereocenters. The van der Waals surface area contributed by atoms with Gasteiger partial charge in [0.1, 0.15) is 11.5 Å². The molecule has 3 aromatic heterocycles. The quantitative estimate of drug-likeness (QED) is 0.158. The van der Waals surface area contributed by atoms with E-state index in [1.165, 1.54) is 10.4 Å². The number of aryl methyl sites for hydroxylation is 2. The Morgan fingerprint density at radius 2 is 1.55 bits per heavy atom. The number of thiophene rings is 1. The summed E-state index contributed by atoms with van der Waals surface area (Å²) in [5.41, 5.74) is 5.38. The summed E-state index contributed by atoms with van der Waals surface area (Å²) < 4.78 is 6.06.